The van der Waals surface area contributed by atoms with Crippen LogP contribution in [-0.4, -0.2) is 11.9 Å². The molecule has 0 aliphatic heterocycles. The molecule has 0 spiro atoms. The van der Waals surface area contributed by atoms with Crippen molar-refractivity contribution in [2.75, 3.05) is 0 Å². The van der Waals surface area contributed by atoms with Crippen molar-refractivity contribution in [2.24, 2.45) is 0 Å². The maximum atomic E-state index is 10.2. The topological polar surface area (TPSA) is 80.3 Å². The molecule has 0 atom stereocenters. The molecule has 0 radical (unpaired) electrons. The van der Waals surface area contributed by atoms with Crippen LogP contribution in [0.4, 0.5) is 0 Å². The molecular formula is C43H74O4Zn. The Balaban J connectivity index is -0.000000688. The van der Waals surface area contributed by atoms with E-state index >= 15 is 0 Å². The minimum absolute atomic E-state index is 0. The molecule has 1 aromatic carbocycles. The summed E-state index contributed by atoms with van der Waals surface area (Å²) in [7, 11) is 0. The van der Waals surface area contributed by atoms with Crippen molar-refractivity contribution in [3.8, 4) is 0 Å². The van der Waals surface area contributed by atoms with Crippen LogP contribution < -0.4 is 10.2 Å². The van der Waals surface area contributed by atoms with E-state index in [4.69, 9.17) is 0 Å². The van der Waals surface area contributed by atoms with Gasteiger partial charge in [-0.05, 0) is 84.0 Å². The SMILES string of the molecule is CCCCCCCC/C=C\CCCCCCCC(=O)[O-].CCCCCCCC/C=C\CCCCCCCC(=O)[O-].Cc1ccccc1.[Zn+2]. The minimum Gasteiger partial charge on any atom is -0.550 e. The number of unbranched alkanes of at least 4 members (excludes halogenated alkanes) is 22. The number of aryl methyl sites for hydroxylation is 1. The Kier molecular flexibility index (Phi) is 47.8. The monoisotopic (exact) mass is 718 g/mol. The number of carbonyl (C=O) groups excluding carboxylic acids is 2. The number of allylic oxidation sites excluding steroid dienone is 4. The molecule has 0 unspecified atom stereocenters. The molecular weight excluding hydrogens is 646 g/mol. The molecule has 0 bridgehead atoms. The largest absolute Gasteiger partial charge is 2.00 e. The maximum absolute atomic E-state index is 10.2. The fourth-order valence-electron chi connectivity index (χ4n) is 5.21. The number of hydrogen-bond donors (Lipinski definition) is 0. The summed E-state index contributed by atoms with van der Waals surface area (Å²) in [6.45, 7) is 6.60. The van der Waals surface area contributed by atoms with E-state index in [0.717, 1.165) is 38.5 Å². The smallest absolute Gasteiger partial charge is 0.550 e. The third kappa shape index (κ3) is 51.1. The normalized spacial score (nSPS) is 10.6. The molecule has 0 aliphatic carbocycles. The van der Waals surface area contributed by atoms with Crippen molar-refractivity contribution in [1.29, 1.82) is 0 Å². The number of benzene rings is 1. The van der Waals surface area contributed by atoms with E-state index in [0.29, 0.717) is 0 Å². The van der Waals surface area contributed by atoms with Gasteiger partial charge in [0.05, 0.1) is 0 Å². The summed E-state index contributed by atoms with van der Waals surface area (Å²) in [6.07, 6.45) is 41.8. The van der Waals surface area contributed by atoms with Crippen LogP contribution >= 0.6 is 0 Å². The summed E-state index contributed by atoms with van der Waals surface area (Å²) in [5.41, 5.74) is 1.32. The van der Waals surface area contributed by atoms with Crippen LogP contribution in [-0.2, 0) is 29.1 Å². The van der Waals surface area contributed by atoms with E-state index in [1.165, 1.54) is 134 Å². The second-order valence-corrected chi connectivity index (χ2v) is 13.1. The van der Waals surface area contributed by atoms with Gasteiger partial charge in [-0.15, -0.1) is 0 Å². The Morgan fingerprint density at radius 3 is 0.979 bits per heavy atom. The van der Waals surface area contributed by atoms with Crippen LogP contribution in [0.25, 0.3) is 0 Å². The van der Waals surface area contributed by atoms with Crippen molar-refractivity contribution in [3.05, 3.63) is 60.2 Å². The van der Waals surface area contributed by atoms with Gasteiger partial charge in [-0.2, -0.15) is 0 Å². The molecule has 272 valence electrons. The molecule has 0 fully saturated rings. The van der Waals surface area contributed by atoms with E-state index in [-0.39, 0.29) is 32.3 Å². The van der Waals surface area contributed by atoms with Crippen molar-refractivity contribution in [3.63, 3.8) is 0 Å². The van der Waals surface area contributed by atoms with Crippen molar-refractivity contribution in [2.45, 2.75) is 201 Å². The van der Waals surface area contributed by atoms with E-state index in [2.05, 4.69) is 57.2 Å². The second-order valence-electron chi connectivity index (χ2n) is 13.1. The van der Waals surface area contributed by atoms with Gasteiger partial charge in [0.1, 0.15) is 0 Å². The van der Waals surface area contributed by atoms with Gasteiger partial charge < -0.3 is 19.8 Å². The predicted octanol–water partition coefficient (Wildman–Crippen LogP) is 11.5. The van der Waals surface area contributed by atoms with E-state index in [1.807, 2.05) is 18.2 Å². The zero-order chi connectivity index (χ0) is 34.9. The van der Waals surface area contributed by atoms with Gasteiger partial charge in [0.2, 0.25) is 0 Å². The number of carbonyl (C=O) groups is 2. The van der Waals surface area contributed by atoms with Gasteiger partial charge in [0, 0.05) is 11.9 Å². The summed E-state index contributed by atoms with van der Waals surface area (Å²) in [4.78, 5) is 20.4. The summed E-state index contributed by atoms with van der Waals surface area (Å²) < 4.78 is 0. The summed E-state index contributed by atoms with van der Waals surface area (Å²) in [5, 5.41) is 20.4. The van der Waals surface area contributed by atoms with Crippen LogP contribution in [0.2, 0.25) is 0 Å². The van der Waals surface area contributed by atoms with E-state index in [9.17, 15) is 19.8 Å². The van der Waals surface area contributed by atoms with Gasteiger partial charge in [0.15, 0.2) is 0 Å². The summed E-state index contributed by atoms with van der Waals surface area (Å²) >= 11 is 0. The van der Waals surface area contributed by atoms with Crippen LogP contribution in [0.15, 0.2) is 54.6 Å². The molecule has 0 saturated carbocycles. The molecule has 5 heteroatoms. The molecule has 4 nitrogen and oxygen atoms in total. The standard InChI is InChI=1S/2C18H34O2.C7H8.Zn/c2*1-2-3-4-5-6-7-8-9-10-11-12-13-14-15-16-17-18(19)20;1-7-5-3-2-4-6-7;/h2*9-10H,2-8,11-17H2,1H3,(H,19,20);2-6H,1H3;/q;;;+2/p-2/b2*10-9-;;. The zero-order valence-corrected chi connectivity index (χ0v) is 34.8. The molecule has 0 amide bonds. The quantitative estimate of drug-likeness (QED) is 0.0450. The number of rotatable bonds is 30. The minimum atomic E-state index is -0.914. The van der Waals surface area contributed by atoms with Gasteiger partial charge in [-0.25, -0.2) is 0 Å². The van der Waals surface area contributed by atoms with Gasteiger partial charge in [-0.3, -0.25) is 0 Å². The predicted molar refractivity (Wildman–Crippen MR) is 200 cm³/mol. The van der Waals surface area contributed by atoms with Crippen LogP contribution in [0.3, 0.4) is 0 Å². The van der Waals surface area contributed by atoms with Gasteiger partial charge >= 0.3 is 19.5 Å². The Hall–Kier alpha value is -1.74. The Bertz CT molecular complexity index is 771. The molecule has 1 rings (SSSR count). The van der Waals surface area contributed by atoms with Crippen LogP contribution in [0.1, 0.15) is 199 Å². The summed E-state index contributed by atoms with van der Waals surface area (Å²) in [6, 6.07) is 10.3. The third-order valence-electron chi connectivity index (χ3n) is 8.23. The van der Waals surface area contributed by atoms with Crippen molar-refractivity contribution < 1.29 is 39.3 Å². The first-order valence-corrected chi connectivity index (χ1v) is 19.6. The molecule has 0 heterocycles. The van der Waals surface area contributed by atoms with Gasteiger partial charge in [-0.1, -0.05) is 177 Å². The van der Waals surface area contributed by atoms with Crippen molar-refractivity contribution in [1.82, 2.24) is 0 Å². The van der Waals surface area contributed by atoms with Crippen LogP contribution in [0, 0.1) is 6.92 Å². The molecule has 0 saturated heterocycles. The average molecular weight is 720 g/mol. The first-order valence-electron chi connectivity index (χ1n) is 19.6. The molecule has 0 aromatic heterocycles. The van der Waals surface area contributed by atoms with Crippen LogP contribution in [0.5, 0.6) is 0 Å². The zero-order valence-electron chi connectivity index (χ0n) is 31.8. The molecule has 0 N–H and O–H groups in total. The molecule has 1 aromatic rings. The van der Waals surface area contributed by atoms with Crippen molar-refractivity contribution >= 4 is 11.9 Å². The Labute approximate surface area is 310 Å². The molecule has 0 aliphatic rings. The number of carboxylic acid groups (broad SMARTS) is 2. The Morgan fingerprint density at radius 1 is 0.458 bits per heavy atom. The first-order chi connectivity index (χ1) is 22.9. The number of carboxylic acids is 2. The summed E-state index contributed by atoms with van der Waals surface area (Å²) in [5.74, 6) is -1.83. The fraction of sp³-hybridized carbons (Fsp3) is 0.721. The van der Waals surface area contributed by atoms with E-state index < -0.39 is 11.9 Å². The second kappa shape index (κ2) is 45.3. The number of aliphatic carboxylic acids is 2. The maximum Gasteiger partial charge on any atom is 2.00 e. The number of hydrogen-bond acceptors (Lipinski definition) is 4. The first kappa shape index (κ1) is 50.6. The fourth-order valence-corrected chi connectivity index (χ4v) is 5.21. The third-order valence-corrected chi connectivity index (χ3v) is 8.23. The van der Waals surface area contributed by atoms with E-state index in [1.54, 1.807) is 0 Å². The molecule has 48 heavy (non-hydrogen) atoms. The van der Waals surface area contributed by atoms with Gasteiger partial charge in [0.25, 0.3) is 0 Å². The average Bonchev–Trinajstić information content (AvgIpc) is 3.05. The Morgan fingerprint density at radius 2 is 0.729 bits per heavy atom.